The normalized spacial score (nSPS) is 23.5. The maximum absolute atomic E-state index is 15.5. The minimum atomic E-state index is -0.836. The summed E-state index contributed by atoms with van der Waals surface area (Å²) in [5, 5.41) is -0.00288. The highest BCUT2D eigenvalue weighted by atomic mass is 35.5. The number of hydrogen-bond acceptors (Lipinski definition) is 6. The highest BCUT2D eigenvalue weighted by molar-refractivity contribution is 6.66. The van der Waals surface area contributed by atoms with Crippen molar-refractivity contribution in [1.29, 1.82) is 0 Å². The van der Waals surface area contributed by atoms with Crippen LogP contribution in [0.5, 0.6) is 5.75 Å². The van der Waals surface area contributed by atoms with E-state index in [0.29, 0.717) is 37.3 Å². The van der Waals surface area contributed by atoms with Crippen molar-refractivity contribution in [2.24, 2.45) is 0 Å². The number of rotatable bonds is 3. The largest absolute Gasteiger partial charge is 0.497 e. The highest BCUT2D eigenvalue weighted by Crippen LogP contribution is 2.49. The second kappa shape index (κ2) is 9.28. The van der Waals surface area contributed by atoms with E-state index in [1.165, 1.54) is 6.07 Å². The molecule has 5 rings (SSSR count). The van der Waals surface area contributed by atoms with Crippen LogP contribution in [-0.4, -0.2) is 61.7 Å². The molecule has 0 bridgehead atoms. The number of amides is 1. The van der Waals surface area contributed by atoms with Gasteiger partial charge < -0.3 is 28.6 Å². The summed E-state index contributed by atoms with van der Waals surface area (Å²) < 4.78 is 39.5. The van der Waals surface area contributed by atoms with Gasteiger partial charge in [0.25, 0.3) is 0 Å². The van der Waals surface area contributed by atoms with Gasteiger partial charge in [0.1, 0.15) is 17.2 Å². The van der Waals surface area contributed by atoms with Crippen molar-refractivity contribution < 1.29 is 28.0 Å². The van der Waals surface area contributed by atoms with Crippen LogP contribution < -0.4 is 15.1 Å². The smallest absolute Gasteiger partial charge is 0.496 e. The van der Waals surface area contributed by atoms with Gasteiger partial charge in [-0.3, -0.25) is 0 Å². The van der Waals surface area contributed by atoms with E-state index in [1.807, 2.05) is 72.7 Å². The molecule has 3 heterocycles. The van der Waals surface area contributed by atoms with E-state index in [4.69, 9.17) is 30.4 Å². The molecular formula is C29H37BClFN2O5. The molecule has 210 valence electrons. The number of piperazine rings is 1. The predicted molar refractivity (Wildman–Crippen MR) is 151 cm³/mol. The Labute approximate surface area is 235 Å². The second-order valence-electron chi connectivity index (χ2n) is 12.7. The molecule has 1 atom stereocenters. The maximum Gasteiger partial charge on any atom is 0.496 e. The molecule has 0 spiro atoms. The molecule has 0 aliphatic carbocycles. The van der Waals surface area contributed by atoms with Crippen molar-refractivity contribution in [3.63, 3.8) is 0 Å². The van der Waals surface area contributed by atoms with Gasteiger partial charge in [-0.05, 0) is 77.8 Å². The SMILES string of the molecule is COc1cccc(C23Cc4c(cc(F)c(Cl)c4B4OC(C)(C)C(C)(C)O4)N2CCN(C(=O)OC(C)(C)C)C3)c1. The fraction of sp³-hybridized carbons (Fsp3) is 0.552. The number of nitrogens with zero attached hydrogens (tertiary/aromatic N) is 2. The van der Waals surface area contributed by atoms with E-state index in [2.05, 4.69) is 4.90 Å². The number of carbonyl (C=O) groups excluding carboxylic acids is 1. The van der Waals surface area contributed by atoms with Crippen molar-refractivity contribution in [1.82, 2.24) is 4.90 Å². The van der Waals surface area contributed by atoms with Crippen molar-refractivity contribution in [3.05, 3.63) is 52.3 Å². The number of benzene rings is 2. The summed E-state index contributed by atoms with van der Waals surface area (Å²) >= 11 is 6.67. The first-order chi connectivity index (χ1) is 18.1. The predicted octanol–water partition coefficient (Wildman–Crippen LogP) is 5.30. The maximum atomic E-state index is 15.5. The first-order valence-corrected chi connectivity index (χ1v) is 13.7. The molecule has 1 unspecified atom stereocenters. The molecule has 2 aromatic carbocycles. The molecule has 0 saturated carbocycles. The molecular weight excluding hydrogens is 522 g/mol. The molecule has 3 aliphatic heterocycles. The lowest BCUT2D eigenvalue weighted by Crippen LogP contribution is -2.61. The minimum Gasteiger partial charge on any atom is -0.497 e. The second-order valence-corrected chi connectivity index (χ2v) is 13.0. The van der Waals surface area contributed by atoms with Crippen molar-refractivity contribution in [2.45, 2.75) is 77.2 Å². The third kappa shape index (κ3) is 4.66. The number of methoxy groups -OCH3 is 1. The van der Waals surface area contributed by atoms with Gasteiger partial charge in [0, 0.05) is 30.7 Å². The molecule has 2 fully saturated rings. The summed E-state index contributed by atoms with van der Waals surface area (Å²) in [6.07, 6.45) is 0.0876. The monoisotopic (exact) mass is 558 g/mol. The van der Waals surface area contributed by atoms with E-state index >= 15 is 4.39 Å². The molecule has 1 amide bonds. The Morgan fingerprint density at radius 3 is 2.38 bits per heavy atom. The Morgan fingerprint density at radius 1 is 1.10 bits per heavy atom. The van der Waals surface area contributed by atoms with Crippen LogP contribution in [0.2, 0.25) is 5.02 Å². The van der Waals surface area contributed by atoms with Gasteiger partial charge in [0.2, 0.25) is 0 Å². The first kappa shape index (κ1) is 28.1. The standard InChI is InChI=1S/C29H37BClFN2O5/c1-26(2,3)37-25(35)33-12-13-34-22-15-21(32)24(31)23(30-38-27(4,5)28(6,7)39-30)20(22)16-29(34,17-33)18-10-9-11-19(14-18)36-8/h9-11,14-15H,12-13,16-17H2,1-8H3. The lowest BCUT2D eigenvalue weighted by atomic mass is 9.73. The van der Waals surface area contributed by atoms with E-state index < -0.39 is 35.3 Å². The minimum absolute atomic E-state index is 0.00288. The summed E-state index contributed by atoms with van der Waals surface area (Å²) in [5.41, 5.74) is 0.460. The number of fused-ring (bicyclic) bond motifs is 3. The Balaban J connectivity index is 1.64. The summed E-state index contributed by atoms with van der Waals surface area (Å²) in [4.78, 5) is 17.2. The number of halogens is 2. The molecule has 39 heavy (non-hydrogen) atoms. The third-order valence-electron chi connectivity index (χ3n) is 8.41. The van der Waals surface area contributed by atoms with E-state index in [9.17, 15) is 4.79 Å². The van der Waals surface area contributed by atoms with Gasteiger partial charge in [-0.1, -0.05) is 23.7 Å². The van der Waals surface area contributed by atoms with Gasteiger partial charge in [-0.25, -0.2) is 9.18 Å². The van der Waals surface area contributed by atoms with Crippen LogP contribution in [0.25, 0.3) is 0 Å². The zero-order valence-electron chi connectivity index (χ0n) is 24.0. The first-order valence-electron chi connectivity index (χ1n) is 13.3. The third-order valence-corrected chi connectivity index (χ3v) is 8.80. The quantitative estimate of drug-likeness (QED) is 0.477. The Kier molecular flexibility index (Phi) is 6.68. The van der Waals surface area contributed by atoms with Crippen molar-refractivity contribution in [3.8, 4) is 5.75 Å². The molecule has 7 nitrogen and oxygen atoms in total. The summed E-state index contributed by atoms with van der Waals surface area (Å²) in [5.74, 6) is 0.165. The Bertz CT molecular complexity index is 1300. The molecule has 3 aliphatic rings. The summed E-state index contributed by atoms with van der Waals surface area (Å²) in [6.45, 7) is 14.6. The molecule has 2 saturated heterocycles. The van der Waals surface area contributed by atoms with E-state index in [-0.39, 0.29) is 11.1 Å². The molecule has 0 radical (unpaired) electrons. The van der Waals surface area contributed by atoms with Crippen LogP contribution in [0.1, 0.15) is 59.6 Å². The van der Waals surface area contributed by atoms with E-state index in [0.717, 1.165) is 16.8 Å². The molecule has 0 aromatic heterocycles. The van der Waals surface area contributed by atoms with Crippen LogP contribution in [0, 0.1) is 5.82 Å². The summed E-state index contributed by atoms with van der Waals surface area (Å²) in [7, 11) is 0.787. The van der Waals surface area contributed by atoms with Gasteiger partial charge in [0.15, 0.2) is 0 Å². The van der Waals surface area contributed by atoms with Gasteiger partial charge >= 0.3 is 13.2 Å². The van der Waals surface area contributed by atoms with Gasteiger partial charge in [0.05, 0.1) is 35.4 Å². The van der Waals surface area contributed by atoms with Crippen LogP contribution in [0.15, 0.2) is 30.3 Å². The van der Waals surface area contributed by atoms with Crippen molar-refractivity contribution in [2.75, 3.05) is 31.6 Å². The Morgan fingerprint density at radius 2 is 1.77 bits per heavy atom. The fourth-order valence-corrected chi connectivity index (χ4v) is 6.01. The van der Waals surface area contributed by atoms with E-state index in [1.54, 1.807) is 12.0 Å². The Hall–Kier alpha value is -2.49. The zero-order chi connectivity index (χ0) is 28.5. The van der Waals surface area contributed by atoms with Crippen molar-refractivity contribution >= 4 is 36.0 Å². The average molecular weight is 559 g/mol. The lowest BCUT2D eigenvalue weighted by molar-refractivity contribution is 0.00578. The van der Waals surface area contributed by atoms with Gasteiger partial charge in [-0.15, -0.1) is 0 Å². The fourth-order valence-electron chi connectivity index (χ4n) is 5.76. The topological polar surface area (TPSA) is 60.5 Å². The molecule has 0 N–H and O–H groups in total. The van der Waals surface area contributed by atoms with Crippen LogP contribution in [0.4, 0.5) is 14.9 Å². The number of carbonyl (C=O) groups is 1. The van der Waals surface area contributed by atoms with Gasteiger partial charge in [-0.2, -0.15) is 0 Å². The van der Waals surface area contributed by atoms with Crippen LogP contribution >= 0.6 is 11.6 Å². The lowest BCUT2D eigenvalue weighted by Gasteiger charge is -2.48. The molecule has 10 heteroatoms. The summed E-state index contributed by atoms with van der Waals surface area (Å²) in [6, 6.07) is 9.31. The molecule has 2 aromatic rings. The highest BCUT2D eigenvalue weighted by Gasteiger charge is 2.56. The zero-order valence-corrected chi connectivity index (χ0v) is 24.7. The number of ether oxygens (including phenoxy) is 2. The van der Waals surface area contributed by atoms with Crippen LogP contribution in [0.3, 0.4) is 0 Å². The number of hydrogen-bond donors (Lipinski definition) is 0. The van der Waals surface area contributed by atoms with Crippen LogP contribution in [-0.2, 0) is 26.0 Å². The number of anilines is 1. The average Bonchev–Trinajstić information content (AvgIpc) is 3.27.